The van der Waals surface area contributed by atoms with Crippen molar-refractivity contribution in [1.82, 2.24) is 0 Å². The van der Waals surface area contributed by atoms with Crippen molar-refractivity contribution in [3.63, 3.8) is 0 Å². The number of anilines is 1. The Morgan fingerprint density at radius 3 is 2.54 bits per heavy atom. The van der Waals surface area contributed by atoms with Crippen molar-refractivity contribution in [2.24, 2.45) is 4.99 Å². The standard InChI is InChI=1S/C23H26N2OS2/c1-6-11-26-17-9-7-16(8-10-17)24-22-19-18-13-14(2)12-15(3)20(18)25-23(4,5)21(19)27-28-22/h7-10,12-13,25H,6,11H2,1-5H3. The van der Waals surface area contributed by atoms with Crippen molar-refractivity contribution in [3.8, 4) is 16.9 Å². The number of rotatable bonds is 4. The van der Waals surface area contributed by atoms with Crippen LogP contribution in [0.2, 0.25) is 0 Å². The summed E-state index contributed by atoms with van der Waals surface area (Å²) in [6, 6.07) is 12.6. The molecule has 1 N–H and O–H groups in total. The van der Waals surface area contributed by atoms with E-state index < -0.39 is 0 Å². The normalized spacial score (nSPS) is 15.0. The van der Waals surface area contributed by atoms with Gasteiger partial charge in [0.1, 0.15) is 10.4 Å². The highest BCUT2D eigenvalue weighted by Crippen LogP contribution is 2.46. The van der Waals surface area contributed by atoms with Gasteiger partial charge in [-0.1, -0.05) is 39.2 Å². The van der Waals surface area contributed by atoms with Gasteiger partial charge < -0.3 is 10.1 Å². The van der Waals surface area contributed by atoms with Crippen LogP contribution in [0.15, 0.2) is 41.4 Å². The van der Waals surface area contributed by atoms with E-state index in [1.165, 1.54) is 32.8 Å². The molecule has 3 nitrogen and oxygen atoms in total. The molecule has 0 radical (unpaired) electrons. The number of nitrogens with one attached hydrogen (secondary N) is 1. The Kier molecular flexibility index (Phi) is 5.06. The summed E-state index contributed by atoms with van der Waals surface area (Å²) in [7, 11) is 3.59. The van der Waals surface area contributed by atoms with Crippen LogP contribution in [0.5, 0.6) is 5.75 Å². The second kappa shape index (κ2) is 7.37. The van der Waals surface area contributed by atoms with Crippen molar-refractivity contribution < 1.29 is 4.74 Å². The maximum absolute atomic E-state index is 5.69. The van der Waals surface area contributed by atoms with Crippen LogP contribution in [-0.2, 0) is 5.54 Å². The predicted molar refractivity (Wildman–Crippen MR) is 121 cm³/mol. The number of hydrogen-bond donors (Lipinski definition) is 1. The molecular formula is C23H26N2OS2. The molecule has 5 heteroatoms. The lowest BCUT2D eigenvalue weighted by molar-refractivity contribution is 0.317. The molecule has 146 valence electrons. The van der Waals surface area contributed by atoms with Crippen molar-refractivity contribution >= 4 is 32.1 Å². The average molecular weight is 411 g/mol. The molecule has 0 unspecified atom stereocenters. The summed E-state index contributed by atoms with van der Waals surface area (Å²) in [5.41, 5.74) is 7.21. The number of aryl methyl sites for hydroxylation is 2. The quantitative estimate of drug-likeness (QED) is 0.481. The zero-order chi connectivity index (χ0) is 19.9. The Hall–Kier alpha value is -2.11. The van der Waals surface area contributed by atoms with Gasteiger partial charge in [-0.15, -0.1) is 0 Å². The van der Waals surface area contributed by atoms with Gasteiger partial charge in [0.05, 0.1) is 22.7 Å². The first kappa shape index (κ1) is 19.2. The fourth-order valence-corrected chi connectivity index (χ4v) is 6.58. The number of hydrogen-bond acceptors (Lipinski definition) is 5. The molecule has 2 heterocycles. The molecule has 0 spiro atoms. The number of nitrogens with zero attached hydrogens (tertiary/aromatic N) is 1. The molecule has 0 bridgehead atoms. The lowest BCUT2D eigenvalue weighted by Crippen LogP contribution is -2.32. The first-order valence-corrected chi connectivity index (χ1v) is 11.8. The molecule has 28 heavy (non-hydrogen) atoms. The molecular weight excluding hydrogens is 384 g/mol. The van der Waals surface area contributed by atoms with Gasteiger partial charge in [-0.25, -0.2) is 4.99 Å². The second-order valence-corrected chi connectivity index (χ2v) is 10.0. The highest BCUT2D eigenvalue weighted by Gasteiger charge is 2.34. The van der Waals surface area contributed by atoms with E-state index in [9.17, 15) is 0 Å². The minimum absolute atomic E-state index is 0.102. The summed E-state index contributed by atoms with van der Waals surface area (Å²) in [6.07, 6.45) is 1.01. The van der Waals surface area contributed by atoms with E-state index in [4.69, 9.17) is 9.73 Å². The van der Waals surface area contributed by atoms with Gasteiger partial charge >= 0.3 is 0 Å². The predicted octanol–water partition coefficient (Wildman–Crippen LogP) is 6.78. The van der Waals surface area contributed by atoms with E-state index in [0.717, 1.165) is 29.1 Å². The summed E-state index contributed by atoms with van der Waals surface area (Å²) in [4.78, 5) is 6.36. The van der Waals surface area contributed by atoms with Crippen molar-refractivity contribution in [2.45, 2.75) is 46.6 Å². The SMILES string of the molecule is CCCOc1ccc(N=c2ssc3c2-c2cc(C)cc(C)c2NC3(C)C)cc1. The van der Waals surface area contributed by atoms with E-state index in [-0.39, 0.29) is 5.54 Å². The van der Waals surface area contributed by atoms with Crippen LogP contribution >= 0.6 is 20.7 Å². The number of benzene rings is 2. The van der Waals surface area contributed by atoms with Crippen LogP contribution in [0.3, 0.4) is 0 Å². The Morgan fingerprint density at radius 2 is 1.82 bits per heavy atom. The van der Waals surface area contributed by atoms with Crippen molar-refractivity contribution in [2.75, 3.05) is 11.9 Å². The fourth-order valence-electron chi connectivity index (χ4n) is 3.64. The first-order valence-electron chi connectivity index (χ1n) is 9.70. The third kappa shape index (κ3) is 3.49. The lowest BCUT2D eigenvalue weighted by Gasteiger charge is -2.34. The largest absolute Gasteiger partial charge is 0.494 e. The van der Waals surface area contributed by atoms with Crippen molar-refractivity contribution in [3.05, 3.63) is 57.1 Å². The molecule has 1 aromatic heterocycles. The van der Waals surface area contributed by atoms with Crippen LogP contribution < -0.4 is 14.7 Å². The molecule has 0 saturated carbocycles. The molecule has 4 rings (SSSR count). The van der Waals surface area contributed by atoms with Crippen LogP contribution in [0.25, 0.3) is 11.1 Å². The van der Waals surface area contributed by atoms with Gasteiger partial charge in [0.25, 0.3) is 0 Å². The maximum Gasteiger partial charge on any atom is 0.135 e. The van der Waals surface area contributed by atoms with Crippen molar-refractivity contribution in [1.29, 1.82) is 0 Å². The fraction of sp³-hybridized carbons (Fsp3) is 0.348. The molecule has 1 aliphatic rings. The number of ether oxygens (including phenoxy) is 1. The van der Waals surface area contributed by atoms with Crippen LogP contribution in [0.1, 0.15) is 43.2 Å². The van der Waals surface area contributed by atoms with E-state index >= 15 is 0 Å². The third-order valence-electron chi connectivity index (χ3n) is 4.94. The molecule has 2 aromatic carbocycles. The summed E-state index contributed by atoms with van der Waals surface area (Å²) in [5.74, 6) is 0.902. The number of fused-ring (bicyclic) bond motifs is 3. The van der Waals surface area contributed by atoms with Crippen LogP contribution in [0, 0.1) is 13.8 Å². The Morgan fingerprint density at radius 1 is 1.07 bits per heavy atom. The van der Waals surface area contributed by atoms with E-state index in [1.807, 2.05) is 34.6 Å². The summed E-state index contributed by atoms with van der Waals surface area (Å²) in [6.45, 7) is 11.7. The van der Waals surface area contributed by atoms with Gasteiger partial charge in [0.2, 0.25) is 0 Å². The molecule has 0 amide bonds. The smallest absolute Gasteiger partial charge is 0.135 e. The highest BCUT2D eigenvalue weighted by molar-refractivity contribution is 7.68. The van der Waals surface area contributed by atoms with Gasteiger partial charge in [-0.2, -0.15) is 0 Å². The summed E-state index contributed by atoms with van der Waals surface area (Å²) >= 11 is 0. The molecule has 1 aliphatic heterocycles. The van der Waals surface area contributed by atoms with Gasteiger partial charge in [0, 0.05) is 16.8 Å². The summed E-state index contributed by atoms with van der Waals surface area (Å²) < 4.78 is 6.78. The van der Waals surface area contributed by atoms with Gasteiger partial charge in [0.15, 0.2) is 0 Å². The molecule has 0 saturated heterocycles. The molecule has 3 aromatic rings. The molecule has 0 atom stereocenters. The maximum atomic E-state index is 5.69. The molecule has 0 fully saturated rings. The van der Waals surface area contributed by atoms with E-state index in [0.29, 0.717) is 0 Å². The Labute approximate surface area is 174 Å². The van der Waals surface area contributed by atoms with Crippen LogP contribution in [0.4, 0.5) is 11.4 Å². The van der Waals surface area contributed by atoms with Gasteiger partial charge in [-0.3, -0.25) is 0 Å². The molecule has 0 aliphatic carbocycles. The van der Waals surface area contributed by atoms with E-state index in [2.05, 4.69) is 52.1 Å². The highest BCUT2D eigenvalue weighted by atomic mass is 32.9. The average Bonchev–Trinajstić information content (AvgIpc) is 3.07. The topological polar surface area (TPSA) is 33.6 Å². The Balaban J connectivity index is 1.83. The lowest BCUT2D eigenvalue weighted by atomic mass is 9.87. The summed E-state index contributed by atoms with van der Waals surface area (Å²) in [5, 5.41) is 3.75. The zero-order valence-corrected chi connectivity index (χ0v) is 18.7. The van der Waals surface area contributed by atoms with Gasteiger partial charge in [-0.05, 0) is 70.0 Å². The monoisotopic (exact) mass is 410 g/mol. The minimum Gasteiger partial charge on any atom is -0.494 e. The minimum atomic E-state index is -0.102. The second-order valence-electron chi connectivity index (χ2n) is 7.88. The third-order valence-corrected chi connectivity index (χ3v) is 7.58. The van der Waals surface area contributed by atoms with Crippen LogP contribution in [-0.4, -0.2) is 6.61 Å². The zero-order valence-electron chi connectivity index (χ0n) is 17.1. The van der Waals surface area contributed by atoms with E-state index in [1.54, 1.807) is 10.3 Å². The first-order chi connectivity index (χ1) is 13.4. The Bertz CT molecular complexity index is 1070.